The first kappa shape index (κ1) is 21.9. The number of aromatic nitrogens is 1. The van der Waals surface area contributed by atoms with Crippen LogP contribution in [0.5, 0.6) is 11.5 Å². The molecule has 0 radical (unpaired) electrons. The van der Waals surface area contributed by atoms with Crippen LogP contribution in [0.15, 0.2) is 16.7 Å². The Bertz CT molecular complexity index is 1270. The number of nitrogens with zero attached hydrogens (tertiary/aromatic N) is 2. The van der Waals surface area contributed by atoms with Gasteiger partial charge in [-0.05, 0) is 64.6 Å². The Kier molecular flexibility index (Phi) is 4.06. The Morgan fingerprint density at radius 3 is 2.78 bits per heavy atom. The second-order valence-electron chi connectivity index (χ2n) is 12.7. The summed E-state index contributed by atoms with van der Waals surface area (Å²) in [5.41, 5.74) is 5.05. The minimum Gasteiger partial charge on any atom is -0.493 e. The van der Waals surface area contributed by atoms with Crippen molar-refractivity contribution in [3.8, 4) is 11.5 Å². The summed E-state index contributed by atoms with van der Waals surface area (Å²) < 4.78 is 31.4. The Morgan fingerprint density at radius 2 is 2.06 bits per heavy atom. The number of hydrogen-bond donors (Lipinski definition) is 0. The number of benzene rings is 1. The molecule has 36 heavy (non-hydrogen) atoms. The highest BCUT2D eigenvalue weighted by Crippen LogP contribution is 2.83. The molecule has 1 aromatic heterocycles. The third-order valence-electron chi connectivity index (χ3n) is 11.6. The second-order valence-corrected chi connectivity index (χ2v) is 12.7. The van der Waals surface area contributed by atoms with E-state index in [0.29, 0.717) is 24.7 Å². The van der Waals surface area contributed by atoms with Gasteiger partial charge in [-0.2, -0.15) is 0 Å². The lowest BCUT2D eigenvalue weighted by molar-refractivity contribution is -0.259. The molecule has 7 unspecified atom stereocenters. The van der Waals surface area contributed by atoms with Crippen molar-refractivity contribution in [3.63, 3.8) is 0 Å². The van der Waals surface area contributed by atoms with Gasteiger partial charge in [0.05, 0.1) is 26.0 Å². The maximum Gasteiger partial charge on any atom is 0.165 e. The van der Waals surface area contributed by atoms with Crippen LogP contribution in [-0.2, 0) is 27.9 Å². The molecule has 1 saturated heterocycles. The first-order chi connectivity index (χ1) is 17.4. The Balaban J connectivity index is 1.25. The summed E-state index contributed by atoms with van der Waals surface area (Å²) in [4.78, 5) is 2.65. The number of ether oxygens (including phenoxy) is 4. The molecule has 7 aliphatic rings. The smallest absolute Gasteiger partial charge is 0.165 e. The molecule has 4 bridgehead atoms. The van der Waals surface area contributed by atoms with Crippen molar-refractivity contribution in [2.75, 3.05) is 34.4 Å². The maximum atomic E-state index is 7.10. The highest BCUT2D eigenvalue weighted by molar-refractivity contribution is 5.65. The molecule has 7 heteroatoms. The van der Waals surface area contributed by atoms with Crippen LogP contribution in [0.3, 0.4) is 0 Å². The van der Waals surface area contributed by atoms with Crippen molar-refractivity contribution in [2.45, 2.75) is 75.7 Å². The van der Waals surface area contributed by atoms with Crippen molar-refractivity contribution >= 4 is 0 Å². The lowest BCUT2D eigenvalue weighted by Gasteiger charge is -2.68. The van der Waals surface area contributed by atoms with Crippen molar-refractivity contribution in [3.05, 3.63) is 40.3 Å². The van der Waals surface area contributed by atoms with E-state index in [1.165, 1.54) is 30.5 Å². The highest BCUT2D eigenvalue weighted by atomic mass is 16.6. The number of hydrogen-bond acceptors (Lipinski definition) is 7. The summed E-state index contributed by atoms with van der Waals surface area (Å²) in [5.74, 6) is 2.96. The number of methoxy groups -OCH3 is 2. The number of rotatable bonds is 6. The normalized spacial score (nSPS) is 42.6. The molecule has 7 atom stereocenters. The SMILES string of the molecule is COc1ccc2c3c1OC1C4(OC)CCC5(CC4COCc4c(C)noc4C)C4N(C)CC4(C2)CC315. The molecule has 0 N–H and O–H groups in total. The molecule has 5 fully saturated rings. The molecule has 0 amide bonds. The fraction of sp³-hybridized carbons (Fsp3) is 0.690. The summed E-state index contributed by atoms with van der Waals surface area (Å²) in [6.45, 7) is 6.30. The molecule has 5 aliphatic carbocycles. The van der Waals surface area contributed by atoms with Gasteiger partial charge in [-0.3, -0.25) is 0 Å². The lowest BCUT2D eigenvalue weighted by atomic mass is 9.41. The second kappa shape index (κ2) is 6.66. The first-order valence-electron chi connectivity index (χ1n) is 13.5. The molecule has 3 spiro atoms. The van der Waals surface area contributed by atoms with Crippen LogP contribution in [0, 0.1) is 30.6 Å². The average molecular weight is 493 g/mol. The summed E-state index contributed by atoms with van der Waals surface area (Å²) in [5, 5.41) is 4.10. The number of fused-ring (bicyclic) bond motifs is 2. The van der Waals surface area contributed by atoms with Crippen molar-refractivity contribution in [1.82, 2.24) is 10.1 Å². The summed E-state index contributed by atoms with van der Waals surface area (Å²) in [7, 11) is 6.00. The van der Waals surface area contributed by atoms with Gasteiger partial charge in [0.2, 0.25) is 0 Å². The molecule has 7 nitrogen and oxygen atoms in total. The minimum atomic E-state index is -0.372. The van der Waals surface area contributed by atoms with Crippen molar-refractivity contribution < 1.29 is 23.5 Å². The minimum absolute atomic E-state index is 0.00764. The van der Waals surface area contributed by atoms with Gasteiger partial charge in [-0.25, -0.2) is 0 Å². The lowest BCUT2D eigenvalue weighted by Crippen LogP contribution is -2.76. The van der Waals surface area contributed by atoms with E-state index < -0.39 is 0 Å². The van der Waals surface area contributed by atoms with E-state index in [1.807, 2.05) is 21.0 Å². The molecule has 2 aromatic rings. The van der Waals surface area contributed by atoms with Crippen LogP contribution in [0.2, 0.25) is 0 Å². The van der Waals surface area contributed by atoms with Gasteiger partial charge in [0.15, 0.2) is 11.5 Å². The van der Waals surface area contributed by atoms with Gasteiger partial charge in [-0.1, -0.05) is 11.2 Å². The predicted octanol–water partition coefficient (Wildman–Crippen LogP) is 3.96. The van der Waals surface area contributed by atoms with Gasteiger partial charge in [-0.15, -0.1) is 0 Å². The van der Waals surface area contributed by atoms with Crippen LogP contribution in [0.4, 0.5) is 0 Å². The largest absolute Gasteiger partial charge is 0.493 e. The van der Waals surface area contributed by atoms with Crippen LogP contribution in [0.25, 0.3) is 0 Å². The molecule has 4 saturated carbocycles. The molecular formula is C29H36N2O5. The van der Waals surface area contributed by atoms with Gasteiger partial charge >= 0.3 is 0 Å². The maximum absolute atomic E-state index is 7.10. The Morgan fingerprint density at radius 1 is 1.19 bits per heavy atom. The summed E-state index contributed by atoms with van der Waals surface area (Å²) in [6, 6.07) is 5.03. The average Bonchev–Trinajstić information content (AvgIpc) is 3.44. The molecular weight excluding hydrogens is 456 g/mol. The zero-order valence-electron chi connectivity index (χ0n) is 22.0. The zero-order valence-corrected chi connectivity index (χ0v) is 22.0. The first-order valence-corrected chi connectivity index (χ1v) is 13.5. The van der Waals surface area contributed by atoms with Crippen LogP contribution >= 0.6 is 0 Å². The van der Waals surface area contributed by atoms with E-state index in [0.717, 1.165) is 47.8 Å². The molecule has 9 rings (SSSR count). The molecule has 192 valence electrons. The fourth-order valence-electron chi connectivity index (χ4n) is 10.8. The summed E-state index contributed by atoms with van der Waals surface area (Å²) in [6.07, 6.45) is 5.68. The Hall–Kier alpha value is -2.09. The van der Waals surface area contributed by atoms with Crippen molar-refractivity contribution in [2.24, 2.45) is 16.7 Å². The zero-order chi connectivity index (χ0) is 24.7. The van der Waals surface area contributed by atoms with E-state index in [2.05, 4.69) is 29.2 Å². The van der Waals surface area contributed by atoms with E-state index in [-0.39, 0.29) is 28.5 Å². The summed E-state index contributed by atoms with van der Waals surface area (Å²) >= 11 is 0. The number of likely N-dealkylation sites (tertiary alicyclic amines) is 1. The van der Waals surface area contributed by atoms with Crippen LogP contribution < -0.4 is 9.47 Å². The quantitative estimate of drug-likeness (QED) is 0.605. The Labute approximate surface area is 212 Å². The monoisotopic (exact) mass is 492 g/mol. The van der Waals surface area contributed by atoms with Gasteiger partial charge in [0, 0.05) is 53.0 Å². The van der Waals surface area contributed by atoms with Crippen LogP contribution in [0.1, 0.15) is 53.8 Å². The third-order valence-corrected chi connectivity index (χ3v) is 11.6. The van der Waals surface area contributed by atoms with Gasteiger partial charge in [0.25, 0.3) is 0 Å². The predicted molar refractivity (Wildman–Crippen MR) is 131 cm³/mol. The third kappa shape index (κ3) is 2.12. The molecule has 2 aliphatic heterocycles. The fourth-order valence-corrected chi connectivity index (χ4v) is 10.8. The molecule has 1 aromatic carbocycles. The number of aryl methyl sites for hydroxylation is 2. The van der Waals surface area contributed by atoms with Crippen molar-refractivity contribution in [1.29, 1.82) is 0 Å². The van der Waals surface area contributed by atoms with E-state index in [1.54, 1.807) is 7.11 Å². The van der Waals surface area contributed by atoms with E-state index in [9.17, 15) is 0 Å². The van der Waals surface area contributed by atoms with Gasteiger partial charge < -0.3 is 28.4 Å². The molecule has 3 heterocycles. The highest BCUT2D eigenvalue weighted by Gasteiger charge is 2.87. The van der Waals surface area contributed by atoms with Gasteiger partial charge in [0.1, 0.15) is 17.5 Å². The topological polar surface area (TPSA) is 66.2 Å². The standard InChI is InChI=1S/C29H36N2O5/c1-16-20(17(2)36-30-16)13-34-12-19-11-27-8-9-29(19,33-5)25-28(27)14-26(15-31(3)24(26)27)10-18-6-7-21(32-4)23(35-25)22(18)28/h6-7,19,24-25H,8-15H2,1-5H3. The van der Waals surface area contributed by atoms with Crippen LogP contribution in [-0.4, -0.2) is 62.2 Å². The van der Waals surface area contributed by atoms with E-state index in [4.69, 9.17) is 23.5 Å². The van der Waals surface area contributed by atoms with E-state index >= 15 is 0 Å².